The number of carbonyl (C=O) groups excluding carboxylic acids is 1. The number of hydrogen-bond donors (Lipinski definition) is 1. The van der Waals surface area contributed by atoms with Crippen molar-refractivity contribution in [2.24, 2.45) is 5.73 Å². The van der Waals surface area contributed by atoms with E-state index in [1.165, 1.54) is 12.1 Å². The van der Waals surface area contributed by atoms with Gasteiger partial charge >= 0.3 is 6.18 Å². The third-order valence-electron chi connectivity index (χ3n) is 3.98. The van der Waals surface area contributed by atoms with Crippen LogP contribution in [0.5, 0.6) is 0 Å². The van der Waals surface area contributed by atoms with Gasteiger partial charge in [0.25, 0.3) is 0 Å². The smallest absolute Gasteiger partial charge is 0.340 e. The van der Waals surface area contributed by atoms with Crippen molar-refractivity contribution in [2.75, 3.05) is 26.2 Å². The zero-order valence-corrected chi connectivity index (χ0v) is 13.1. The fourth-order valence-corrected chi connectivity index (χ4v) is 2.69. The van der Waals surface area contributed by atoms with E-state index in [2.05, 4.69) is 4.90 Å². The number of rotatable bonds is 3. The van der Waals surface area contributed by atoms with E-state index in [0.717, 1.165) is 30.7 Å². The van der Waals surface area contributed by atoms with E-state index in [-0.39, 0.29) is 5.91 Å². The molecule has 0 aromatic heterocycles. The summed E-state index contributed by atoms with van der Waals surface area (Å²) in [4.78, 5) is 15.8. The number of benzene rings is 1. The summed E-state index contributed by atoms with van der Waals surface area (Å²) in [5.41, 5.74) is 5.83. The molecule has 1 saturated heterocycles. The van der Waals surface area contributed by atoms with Crippen LogP contribution in [0.25, 0.3) is 0 Å². The molecule has 2 N–H and O–H groups in total. The highest BCUT2D eigenvalue weighted by Gasteiger charge is 2.30. The second kappa shape index (κ2) is 7.31. The number of nitrogens with zero attached hydrogens (tertiary/aromatic N) is 2. The summed E-state index contributed by atoms with van der Waals surface area (Å²) in [6.45, 7) is 5.03. The minimum Gasteiger partial charge on any atom is -0.340 e. The maximum Gasteiger partial charge on any atom is 0.416 e. The van der Waals surface area contributed by atoms with Crippen LogP contribution in [0.3, 0.4) is 0 Å². The molecular weight excluding hydrogens is 307 g/mol. The van der Waals surface area contributed by atoms with Crippen molar-refractivity contribution in [1.29, 1.82) is 0 Å². The van der Waals surface area contributed by atoms with Crippen LogP contribution in [-0.4, -0.2) is 47.9 Å². The fourth-order valence-electron chi connectivity index (χ4n) is 2.69. The Morgan fingerprint density at radius 1 is 1.17 bits per heavy atom. The van der Waals surface area contributed by atoms with Crippen LogP contribution in [0, 0.1) is 0 Å². The predicted molar refractivity (Wildman–Crippen MR) is 81.6 cm³/mol. The summed E-state index contributed by atoms with van der Waals surface area (Å²) in [7, 11) is 0. The molecule has 0 spiro atoms. The average Bonchev–Trinajstić information content (AvgIpc) is 2.71. The van der Waals surface area contributed by atoms with Gasteiger partial charge in [-0.3, -0.25) is 9.69 Å². The largest absolute Gasteiger partial charge is 0.416 e. The van der Waals surface area contributed by atoms with Crippen molar-refractivity contribution in [3.63, 3.8) is 0 Å². The van der Waals surface area contributed by atoms with E-state index in [0.29, 0.717) is 26.2 Å². The summed E-state index contributed by atoms with van der Waals surface area (Å²) in [6.07, 6.45) is -3.47. The van der Waals surface area contributed by atoms with E-state index < -0.39 is 17.8 Å². The lowest BCUT2D eigenvalue weighted by Crippen LogP contribution is -2.43. The normalized spacial score (nSPS) is 18.6. The maximum atomic E-state index is 12.6. The molecule has 7 heteroatoms. The minimum atomic E-state index is -4.30. The van der Waals surface area contributed by atoms with Crippen molar-refractivity contribution in [3.8, 4) is 0 Å². The lowest BCUT2D eigenvalue weighted by molar-refractivity contribution is -0.137. The average molecular weight is 329 g/mol. The SMILES string of the molecule is CC(N)C(=O)N1CCCN(Cc2ccc(C(F)(F)F)cc2)CC1. The molecule has 1 aliphatic rings. The van der Waals surface area contributed by atoms with Crippen LogP contribution in [0.4, 0.5) is 13.2 Å². The molecule has 0 radical (unpaired) electrons. The summed E-state index contributed by atoms with van der Waals surface area (Å²) in [5.74, 6) is -0.0543. The second-order valence-corrected chi connectivity index (χ2v) is 5.94. The van der Waals surface area contributed by atoms with Crippen LogP contribution < -0.4 is 5.73 Å². The Balaban J connectivity index is 1.92. The van der Waals surface area contributed by atoms with Crippen molar-refractivity contribution < 1.29 is 18.0 Å². The topological polar surface area (TPSA) is 49.6 Å². The van der Waals surface area contributed by atoms with Crippen molar-refractivity contribution in [2.45, 2.75) is 32.1 Å². The first-order chi connectivity index (χ1) is 10.8. The van der Waals surface area contributed by atoms with Gasteiger partial charge in [0, 0.05) is 32.7 Å². The Hall–Kier alpha value is -1.60. The van der Waals surface area contributed by atoms with Gasteiger partial charge < -0.3 is 10.6 Å². The Kier molecular flexibility index (Phi) is 5.64. The third-order valence-corrected chi connectivity index (χ3v) is 3.98. The van der Waals surface area contributed by atoms with Crippen LogP contribution in [0.2, 0.25) is 0 Å². The fraction of sp³-hybridized carbons (Fsp3) is 0.562. The highest BCUT2D eigenvalue weighted by atomic mass is 19.4. The molecule has 1 unspecified atom stereocenters. The zero-order valence-electron chi connectivity index (χ0n) is 13.1. The maximum absolute atomic E-state index is 12.6. The molecule has 0 bridgehead atoms. The van der Waals surface area contributed by atoms with Crippen molar-refractivity contribution in [3.05, 3.63) is 35.4 Å². The molecule has 0 saturated carbocycles. The van der Waals surface area contributed by atoms with Gasteiger partial charge in [-0.05, 0) is 31.0 Å². The van der Waals surface area contributed by atoms with Crippen LogP contribution in [0.1, 0.15) is 24.5 Å². The van der Waals surface area contributed by atoms with Gasteiger partial charge in [-0.2, -0.15) is 13.2 Å². The number of amides is 1. The molecule has 4 nitrogen and oxygen atoms in total. The second-order valence-electron chi connectivity index (χ2n) is 5.94. The Labute approximate surface area is 134 Å². The lowest BCUT2D eigenvalue weighted by Gasteiger charge is -2.23. The van der Waals surface area contributed by atoms with Gasteiger partial charge in [-0.1, -0.05) is 12.1 Å². The van der Waals surface area contributed by atoms with Gasteiger partial charge in [-0.25, -0.2) is 0 Å². The number of alkyl halides is 3. The van der Waals surface area contributed by atoms with Gasteiger partial charge in [0.05, 0.1) is 11.6 Å². The number of halogens is 3. The quantitative estimate of drug-likeness (QED) is 0.924. The third kappa shape index (κ3) is 4.94. The summed E-state index contributed by atoms with van der Waals surface area (Å²) >= 11 is 0. The molecule has 1 heterocycles. The molecular formula is C16H22F3N3O. The van der Waals surface area contributed by atoms with Gasteiger partial charge in [0.1, 0.15) is 0 Å². The van der Waals surface area contributed by atoms with Gasteiger partial charge in [0.15, 0.2) is 0 Å². The van der Waals surface area contributed by atoms with Crippen molar-refractivity contribution >= 4 is 5.91 Å². The van der Waals surface area contributed by atoms with E-state index in [9.17, 15) is 18.0 Å². The Bertz CT molecular complexity index is 528. The summed E-state index contributed by atoms with van der Waals surface area (Å²) in [6, 6.07) is 4.74. The highest BCUT2D eigenvalue weighted by molar-refractivity contribution is 5.81. The molecule has 128 valence electrons. The molecule has 0 aliphatic carbocycles. The Morgan fingerprint density at radius 2 is 1.83 bits per heavy atom. The molecule has 1 amide bonds. The van der Waals surface area contributed by atoms with E-state index in [1.807, 2.05) is 0 Å². The molecule has 2 rings (SSSR count). The van der Waals surface area contributed by atoms with Crippen LogP contribution in [0.15, 0.2) is 24.3 Å². The van der Waals surface area contributed by atoms with E-state index in [1.54, 1.807) is 11.8 Å². The zero-order chi connectivity index (χ0) is 17.0. The van der Waals surface area contributed by atoms with Crippen LogP contribution in [-0.2, 0) is 17.5 Å². The molecule has 1 aromatic carbocycles. The van der Waals surface area contributed by atoms with Crippen LogP contribution >= 0.6 is 0 Å². The van der Waals surface area contributed by atoms with Gasteiger partial charge in [-0.15, -0.1) is 0 Å². The Morgan fingerprint density at radius 3 is 2.39 bits per heavy atom. The molecule has 1 aromatic rings. The predicted octanol–water partition coefficient (Wildman–Crippen LogP) is 2.09. The molecule has 1 aliphatic heterocycles. The molecule has 1 atom stereocenters. The first kappa shape index (κ1) is 17.7. The highest BCUT2D eigenvalue weighted by Crippen LogP contribution is 2.29. The first-order valence-electron chi connectivity index (χ1n) is 7.70. The first-order valence-corrected chi connectivity index (χ1v) is 7.70. The standard InChI is InChI=1S/C16H22F3N3O/c1-12(20)15(23)22-8-2-7-21(9-10-22)11-13-3-5-14(6-4-13)16(17,18)19/h3-6,12H,2,7-11,20H2,1H3. The minimum absolute atomic E-state index is 0.0543. The molecule has 1 fully saturated rings. The number of carbonyl (C=O) groups is 1. The number of nitrogens with two attached hydrogens (primary N) is 1. The van der Waals surface area contributed by atoms with E-state index >= 15 is 0 Å². The summed E-state index contributed by atoms with van der Waals surface area (Å²) < 4.78 is 37.7. The molecule has 23 heavy (non-hydrogen) atoms. The van der Waals surface area contributed by atoms with Crippen molar-refractivity contribution in [1.82, 2.24) is 9.80 Å². The summed E-state index contributed by atoms with van der Waals surface area (Å²) in [5, 5.41) is 0. The number of hydrogen-bond acceptors (Lipinski definition) is 3. The lowest BCUT2D eigenvalue weighted by atomic mass is 10.1. The van der Waals surface area contributed by atoms with E-state index in [4.69, 9.17) is 5.73 Å². The van der Waals surface area contributed by atoms with Gasteiger partial charge in [0.2, 0.25) is 5.91 Å². The monoisotopic (exact) mass is 329 g/mol.